The molecule has 0 spiro atoms. The molecule has 0 saturated carbocycles. The first-order chi connectivity index (χ1) is 7.28. The molecule has 1 fully saturated rings. The second-order valence-corrected chi connectivity index (χ2v) is 7.18. The Balaban J connectivity index is 2.38. The zero-order valence-corrected chi connectivity index (χ0v) is 11.1. The molecule has 94 valence electrons. The van der Waals surface area contributed by atoms with Crippen LogP contribution >= 0.6 is 11.8 Å². The van der Waals surface area contributed by atoms with Crippen molar-refractivity contribution in [3.8, 4) is 0 Å². The van der Waals surface area contributed by atoms with Crippen LogP contribution in [0.15, 0.2) is 0 Å². The van der Waals surface area contributed by atoms with Gasteiger partial charge in [-0.05, 0) is 6.42 Å². The van der Waals surface area contributed by atoms with Crippen molar-refractivity contribution in [2.24, 2.45) is 0 Å². The van der Waals surface area contributed by atoms with Gasteiger partial charge in [-0.25, -0.2) is 0 Å². The van der Waals surface area contributed by atoms with Gasteiger partial charge in [-0.15, -0.1) is 11.8 Å². The molecule has 0 radical (unpaired) electrons. The van der Waals surface area contributed by atoms with Gasteiger partial charge in [0, 0.05) is 23.0 Å². The molecule has 3 unspecified atom stereocenters. The second-order valence-electron chi connectivity index (χ2n) is 5.12. The van der Waals surface area contributed by atoms with Crippen LogP contribution < -0.4 is 5.32 Å². The summed E-state index contributed by atoms with van der Waals surface area (Å²) in [7, 11) is 0. The molecule has 16 heavy (non-hydrogen) atoms. The van der Waals surface area contributed by atoms with Crippen molar-refractivity contribution >= 4 is 17.7 Å². The number of hydrogen-bond acceptors (Lipinski definition) is 5. The normalized spacial score (nSPS) is 30.4. The largest absolute Gasteiger partial charge is 0.464 e. The molecule has 0 aliphatic carbocycles. The van der Waals surface area contributed by atoms with Gasteiger partial charge >= 0.3 is 5.97 Å². The lowest BCUT2D eigenvalue weighted by Crippen LogP contribution is -2.35. The Morgan fingerprint density at radius 3 is 2.69 bits per heavy atom. The predicted molar refractivity (Wildman–Crippen MR) is 65.3 cm³/mol. The molecule has 0 aromatic carbocycles. The molecule has 2 N–H and O–H groups in total. The van der Waals surface area contributed by atoms with E-state index in [1.807, 2.05) is 0 Å². The number of rotatable bonds is 3. The van der Waals surface area contributed by atoms with Gasteiger partial charge in [0.05, 0.1) is 0 Å². The van der Waals surface area contributed by atoms with Crippen LogP contribution in [-0.4, -0.2) is 39.9 Å². The molecule has 0 bridgehead atoms. The van der Waals surface area contributed by atoms with E-state index in [4.69, 9.17) is 4.74 Å². The highest BCUT2D eigenvalue weighted by molar-refractivity contribution is 8.01. The van der Waals surface area contributed by atoms with Gasteiger partial charge in [-0.2, -0.15) is 0 Å². The molecule has 4 nitrogen and oxygen atoms in total. The SMILES string of the molecule is CC(=O)OCC1CC(SC(C)(C)C)C(O)N1. The number of esters is 1. The van der Waals surface area contributed by atoms with Crippen molar-refractivity contribution in [3.05, 3.63) is 0 Å². The van der Waals surface area contributed by atoms with E-state index in [9.17, 15) is 9.90 Å². The average molecular weight is 247 g/mol. The number of carbonyl (C=O) groups is 1. The molecule has 5 heteroatoms. The number of ether oxygens (including phenoxy) is 1. The lowest BCUT2D eigenvalue weighted by molar-refractivity contribution is -0.141. The predicted octanol–water partition coefficient (Wildman–Crippen LogP) is 1.13. The maximum absolute atomic E-state index is 10.7. The topological polar surface area (TPSA) is 58.6 Å². The van der Waals surface area contributed by atoms with Crippen molar-refractivity contribution in [1.29, 1.82) is 0 Å². The first kappa shape index (κ1) is 13.8. The summed E-state index contributed by atoms with van der Waals surface area (Å²) in [4.78, 5) is 10.7. The number of aliphatic hydroxyl groups is 1. The van der Waals surface area contributed by atoms with Crippen molar-refractivity contribution in [2.45, 2.75) is 56.4 Å². The Morgan fingerprint density at radius 2 is 2.19 bits per heavy atom. The lowest BCUT2D eigenvalue weighted by atomic mass is 10.2. The van der Waals surface area contributed by atoms with Crippen LogP contribution in [-0.2, 0) is 9.53 Å². The fourth-order valence-electron chi connectivity index (χ4n) is 1.73. The first-order valence-corrected chi connectivity index (χ1v) is 6.41. The Bertz CT molecular complexity index is 252. The van der Waals surface area contributed by atoms with Crippen LogP contribution in [0, 0.1) is 0 Å². The van der Waals surface area contributed by atoms with E-state index in [1.54, 1.807) is 11.8 Å². The monoisotopic (exact) mass is 247 g/mol. The van der Waals surface area contributed by atoms with Crippen molar-refractivity contribution in [3.63, 3.8) is 0 Å². The summed E-state index contributed by atoms with van der Waals surface area (Å²) >= 11 is 1.76. The molecule has 1 heterocycles. The van der Waals surface area contributed by atoms with Gasteiger partial charge in [-0.3, -0.25) is 10.1 Å². The van der Waals surface area contributed by atoms with E-state index in [-0.39, 0.29) is 22.0 Å². The van der Waals surface area contributed by atoms with E-state index in [0.717, 1.165) is 6.42 Å². The van der Waals surface area contributed by atoms with E-state index in [2.05, 4.69) is 26.1 Å². The minimum atomic E-state index is -0.509. The summed E-state index contributed by atoms with van der Waals surface area (Å²) in [5, 5.41) is 13.0. The number of carbonyl (C=O) groups excluding carboxylic acids is 1. The zero-order valence-electron chi connectivity index (χ0n) is 10.3. The van der Waals surface area contributed by atoms with E-state index >= 15 is 0 Å². The van der Waals surface area contributed by atoms with Crippen molar-refractivity contribution in [1.82, 2.24) is 5.32 Å². The molecule has 3 atom stereocenters. The molecule has 1 rings (SSSR count). The maximum Gasteiger partial charge on any atom is 0.302 e. The summed E-state index contributed by atoms with van der Waals surface area (Å²) < 4.78 is 5.06. The summed E-state index contributed by atoms with van der Waals surface area (Å²) in [6.07, 6.45) is 0.320. The lowest BCUT2D eigenvalue weighted by Gasteiger charge is -2.24. The standard InChI is InChI=1S/C11H21NO3S/c1-7(13)15-6-8-5-9(10(14)12-8)16-11(2,3)4/h8-10,12,14H,5-6H2,1-4H3. The van der Waals surface area contributed by atoms with Gasteiger partial charge in [0.2, 0.25) is 0 Å². The van der Waals surface area contributed by atoms with Gasteiger partial charge in [-0.1, -0.05) is 20.8 Å². The van der Waals surface area contributed by atoms with Crippen LogP contribution in [0.1, 0.15) is 34.1 Å². The molecule has 1 saturated heterocycles. The minimum absolute atomic E-state index is 0.0683. The average Bonchev–Trinajstić information content (AvgIpc) is 2.41. The Kier molecular flexibility index (Phi) is 4.64. The Hall–Kier alpha value is -0.260. The molecule has 0 amide bonds. The summed E-state index contributed by atoms with van der Waals surface area (Å²) in [5.74, 6) is -0.275. The van der Waals surface area contributed by atoms with Crippen LogP contribution in [0.3, 0.4) is 0 Å². The van der Waals surface area contributed by atoms with Gasteiger partial charge < -0.3 is 9.84 Å². The van der Waals surface area contributed by atoms with Crippen LogP contribution in [0.2, 0.25) is 0 Å². The third-order valence-corrected chi connectivity index (χ3v) is 3.73. The molecule has 1 aliphatic heterocycles. The van der Waals surface area contributed by atoms with Crippen LogP contribution in [0.5, 0.6) is 0 Å². The van der Waals surface area contributed by atoms with Crippen molar-refractivity contribution in [2.75, 3.05) is 6.61 Å². The molecule has 0 aromatic rings. The molecule has 0 aromatic heterocycles. The maximum atomic E-state index is 10.7. The van der Waals surface area contributed by atoms with Crippen LogP contribution in [0.4, 0.5) is 0 Å². The quantitative estimate of drug-likeness (QED) is 0.732. The van der Waals surface area contributed by atoms with E-state index in [1.165, 1.54) is 6.92 Å². The van der Waals surface area contributed by atoms with Gasteiger partial charge in [0.1, 0.15) is 12.8 Å². The Morgan fingerprint density at radius 1 is 1.56 bits per heavy atom. The molecular weight excluding hydrogens is 226 g/mol. The summed E-state index contributed by atoms with van der Waals surface area (Å²) in [5.41, 5.74) is 0. The van der Waals surface area contributed by atoms with Crippen molar-refractivity contribution < 1.29 is 14.6 Å². The number of thioether (sulfide) groups is 1. The zero-order chi connectivity index (χ0) is 12.3. The molecular formula is C11H21NO3S. The van der Waals surface area contributed by atoms with E-state index < -0.39 is 6.23 Å². The number of aliphatic hydroxyl groups excluding tert-OH is 1. The van der Waals surface area contributed by atoms with Gasteiger partial charge in [0.15, 0.2) is 0 Å². The number of nitrogens with one attached hydrogen (secondary N) is 1. The molecule has 1 aliphatic rings. The fraction of sp³-hybridized carbons (Fsp3) is 0.909. The minimum Gasteiger partial charge on any atom is -0.464 e. The Labute approximate surface area is 101 Å². The highest BCUT2D eigenvalue weighted by Gasteiger charge is 2.35. The summed E-state index contributed by atoms with van der Waals surface area (Å²) in [6.45, 7) is 8.12. The number of hydrogen-bond donors (Lipinski definition) is 2. The smallest absolute Gasteiger partial charge is 0.302 e. The third kappa shape index (κ3) is 4.72. The van der Waals surface area contributed by atoms with Gasteiger partial charge in [0.25, 0.3) is 0 Å². The summed E-state index contributed by atoms with van der Waals surface area (Å²) in [6, 6.07) is 0.0683. The fourth-order valence-corrected chi connectivity index (χ4v) is 3.17. The highest BCUT2D eigenvalue weighted by Crippen LogP contribution is 2.34. The second kappa shape index (κ2) is 5.38. The third-order valence-electron chi connectivity index (χ3n) is 2.27. The highest BCUT2D eigenvalue weighted by atomic mass is 32.2. The van der Waals surface area contributed by atoms with Crippen LogP contribution in [0.25, 0.3) is 0 Å². The first-order valence-electron chi connectivity index (χ1n) is 5.53. The van der Waals surface area contributed by atoms with E-state index in [0.29, 0.717) is 6.61 Å².